The quantitative estimate of drug-likeness (QED) is 0.544. The molecule has 1 heterocycles. The number of nitrogens with one attached hydrogen (secondary N) is 1. The molecule has 0 unspecified atom stereocenters. The van der Waals surface area contributed by atoms with Gasteiger partial charge in [0.15, 0.2) is 15.7 Å². The van der Waals surface area contributed by atoms with Crippen LogP contribution in [0.4, 0.5) is 4.39 Å². The Morgan fingerprint density at radius 2 is 2.04 bits per heavy atom. The molecule has 0 aliphatic heterocycles. The van der Waals surface area contributed by atoms with E-state index in [0.717, 1.165) is 12.1 Å². The molecule has 0 bridgehead atoms. The van der Waals surface area contributed by atoms with E-state index in [9.17, 15) is 17.6 Å². The standard InChI is InChI=1S/C14H16FN3O5S/c1-22-8-7-16-13(19)14-17-12(18-23-14)6-9-24(20,21)11-4-2-10(15)3-5-11/h2-5H,6-9H2,1H3,(H,16,19). The summed E-state index contributed by atoms with van der Waals surface area (Å²) in [5.41, 5.74) is 0. The van der Waals surface area contributed by atoms with Crippen LogP contribution >= 0.6 is 0 Å². The van der Waals surface area contributed by atoms with Crippen LogP contribution in [0.1, 0.15) is 16.5 Å². The number of sulfone groups is 1. The predicted molar refractivity (Wildman–Crippen MR) is 80.7 cm³/mol. The van der Waals surface area contributed by atoms with Gasteiger partial charge < -0.3 is 14.6 Å². The van der Waals surface area contributed by atoms with E-state index in [1.165, 1.54) is 19.2 Å². The molecule has 1 aromatic carbocycles. The van der Waals surface area contributed by atoms with Gasteiger partial charge in [0.05, 0.1) is 17.3 Å². The molecule has 0 saturated carbocycles. The molecule has 1 N–H and O–H groups in total. The van der Waals surface area contributed by atoms with Gasteiger partial charge in [0, 0.05) is 20.1 Å². The fourth-order valence-corrected chi connectivity index (χ4v) is 3.01. The molecule has 2 rings (SSSR count). The highest BCUT2D eigenvalue weighted by molar-refractivity contribution is 7.91. The number of benzene rings is 1. The van der Waals surface area contributed by atoms with Crippen molar-refractivity contribution in [1.82, 2.24) is 15.5 Å². The van der Waals surface area contributed by atoms with Gasteiger partial charge in [-0.2, -0.15) is 4.98 Å². The zero-order chi connectivity index (χ0) is 17.6. The second kappa shape index (κ2) is 7.97. The summed E-state index contributed by atoms with van der Waals surface area (Å²) in [6.45, 7) is 0.620. The van der Waals surface area contributed by atoms with Gasteiger partial charge in [0.25, 0.3) is 0 Å². The monoisotopic (exact) mass is 357 g/mol. The number of hydrogen-bond acceptors (Lipinski definition) is 7. The molecule has 0 spiro atoms. The molecule has 130 valence electrons. The van der Waals surface area contributed by atoms with Crippen molar-refractivity contribution in [2.45, 2.75) is 11.3 Å². The molecular formula is C14H16FN3O5S. The molecule has 0 radical (unpaired) electrons. The van der Waals surface area contributed by atoms with Crippen LogP contribution in [0, 0.1) is 5.82 Å². The maximum absolute atomic E-state index is 12.8. The van der Waals surface area contributed by atoms with Crippen molar-refractivity contribution >= 4 is 15.7 Å². The SMILES string of the molecule is COCCNC(=O)c1nc(CCS(=O)(=O)c2ccc(F)cc2)no1. The first-order chi connectivity index (χ1) is 11.4. The average Bonchev–Trinajstić information content (AvgIpc) is 3.03. The first-order valence-corrected chi connectivity index (χ1v) is 8.65. The largest absolute Gasteiger partial charge is 0.383 e. The molecule has 24 heavy (non-hydrogen) atoms. The number of nitrogens with zero attached hydrogens (tertiary/aromatic N) is 2. The van der Waals surface area contributed by atoms with E-state index in [4.69, 9.17) is 9.26 Å². The van der Waals surface area contributed by atoms with Gasteiger partial charge in [-0.05, 0) is 24.3 Å². The number of carbonyl (C=O) groups excluding carboxylic acids is 1. The highest BCUT2D eigenvalue weighted by Gasteiger charge is 2.19. The van der Waals surface area contributed by atoms with Gasteiger partial charge in [-0.25, -0.2) is 12.8 Å². The number of hydrogen-bond donors (Lipinski definition) is 1. The number of ether oxygens (including phenoxy) is 1. The number of carbonyl (C=O) groups is 1. The first-order valence-electron chi connectivity index (χ1n) is 7.00. The minimum absolute atomic E-state index is 0.00456. The summed E-state index contributed by atoms with van der Waals surface area (Å²) in [6, 6.07) is 4.53. The van der Waals surface area contributed by atoms with Gasteiger partial charge in [-0.1, -0.05) is 5.16 Å². The summed E-state index contributed by atoms with van der Waals surface area (Å²) in [7, 11) is -2.11. The molecule has 0 saturated heterocycles. The molecular weight excluding hydrogens is 341 g/mol. The average molecular weight is 357 g/mol. The van der Waals surface area contributed by atoms with Crippen LogP contribution in [-0.4, -0.2) is 50.5 Å². The zero-order valence-corrected chi connectivity index (χ0v) is 13.7. The third-order valence-electron chi connectivity index (χ3n) is 3.02. The molecule has 2 aromatic rings. The van der Waals surface area contributed by atoms with E-state index in [1.807, 2.05) is 0 Å². The van der Waals surface area contributed by atoms with E-state index < -0.39 is 21.6 Å². The minimum atomic E-state index is -3.61. The van der Waals surface area contributed by atoms with Crippen LogP contribution in [0.25, 0.3) is 0 Å². The van der Waals surface area contributed by atoms with E-state index in [0.29, 0.717) is 6.61 Å². The van der Waals surface area contributed by atoms with Crippen LogP contribution in [0.5, 0.6) is 0 Å². The zero-order valence-electron chi connectivity index (χ0n) is 12.9. The Balaban J connectivity index is 1.95. The third-order valence-corrected chi connectivity index (χ3v) is 4.75. The topological polar surface area (TPSA) is 111 Å². The third kappa shape index (κ3) is 4.83. The van der Waals surface area contributed by atoms with Crippen LogP contribution in [-0.2, 0) is 21.0 Å². The highest BCUT2D eigenvalue weighted by Crippen LogP contribution is 2.13. The Labute approximate surface area is 137 Å². The molecule has 10 heteroatoms. The minimum Gasteiger partial charge on any atom is -0.383 e. The van der Waals surface area contributed by atoms with E-state index in [1.54, 1.807) is 0 Å². The first kappa shape index (κ1) is 18.0. The second-order valence-corrected chi connectivity index (χ2v) is 6.90. The summed E-state index contributed by atoms with van der Waals surface area (Å²) in [5, 5.41) is 6.08. The fourth-order valence-electron chi connectivity index (χ4n) is 1.78. The van der Waals surface area contributed by atoms with Gasteiger partial charge >= 0.3 is 11.8 Å². The smallest absolute Gasteiger partial charge is 0.315 e. The lowest BCUT2D eigenvalue weighted by atomic mass is 10.4. The lowest BCUT2D eigenvalue weighted by Crippen LogP contribution is -2.27. The molecule has 1 aromatic heterocycles. The maximum atomic E-state index is 12.8. The van der Waals surface area contributed by atoms with Crippen molar-refractivity contribution in [1.29, 1.82) is 0 Å². The van der Waals surface area contributed by atoms with Gasteiger partial charge in [-0.3, -0.25) is 4.79 Å². The van der Waals surface area contributed by atoms with Gasteiger partial charge in [0.1, 0.15) is 5.82 Å². The number of amides is 1. The van der Waals surface area contributed by atoms with Crippen molar-refractivity contribution in [2.75, 3.05) is 26.0 Å². The number of rotatable bonds is 8. The van der Waals surface area contributed by atoms with Crippen LogP contribution < -0.4 is 5.32 Å². The summed E-state index contributed by atoms with van der Waals surface area (Å²) < 4.78 is 46.7. The number of aryl methyl sites for hydroxylation is 1. The van der Waals surface area contributed by atoms with Crippen LogP contribution in [0.3, 0.4) is 0 Å². The second-order valence-electron chi connectivity index (χ2n) is 4.79. The van der Waals surface area contributed by atoms with E-state index in [2.05, 4.69) is 15.5 Å². The van der Waals surface area contributed by atoms with Crippen molar-refractivity contribution in [2.24, 2.45) is 0 Å². The predicted octanol–water partition coefficient (Wildman–Crippen LogP) is 0.601. The lowest BCUT2D eigenvalue weighted by molar-refractivity contribution is 0.0893. The van der Waals surface area contributed by atoms with Crippen molar-refractivity contribution < 1.29 is 26.9 Å². The summed E-state index contributed by atoms with van der Waals surface area (Å²) in [4.78, 5) is 15.5. The molecule has 0 fully saturated rings. The van der Waals surface area contributed by atoms with E-state index >= 15 is 0 Å². The fraction of sp³-hybridized carbons (Fsp3) is 0.357. The summed E-state index contributed by atoms with van der Waals surface area (Å²) >= 11 is 0. The van der Waals surface area contributed by atoms with Gasteiger partial charge in [0.2, 0.25) is 0 Å². The highest BCUT2D eigenvalue weighted by atomic mass is 32.2. The van der Waals surface area contributed by atoms with E-state index in [-0.39, 0.29) is 35.3 Å². The Morgan fingerprint density at radius 1 is 1.33 bits per heavy atom. The van der Waals surface area contributed by atoms with Crippen molar-refractivity contribution in [3.63, 3.8) is 0 Å². The molecule has 1 amide bonds. The van der Waals surface area contributed by atoms with Crippen LogP contribution in [0.15, 0.2) is 33.7 Å². The summed E-state index contributed by atoms with van der Waals surface area (Å²) in [5.74, 6) is -1.52. The maximum Gasteiger partial charge on any atom is 0.315 e. The Bertz CT molecular complexity index is 789. The Kier molecular flexibility index (Phi) is 5.99. The number of aromatic nitrogens is 2. The molecule has 0 aliphatic carbocycles. The normalized spacial score (nSPS) is 11.4. The molecule has 0 atom stereocenters. The number of halogens is 1. The Morgan fingerprint density at radius 3 is 2.71 bits per heavy atom. The van der Waals surface area contributed by atoms with Crippen molar-refractivity contribution in [3.8, 4) is 0 Å². The lowest BCUT2D eigenvalue weighted by Gasteiger charge is -2.02. The van der Waals surface area contributed by atoms with Crippen LogP contribution in [0.2, 0.25) is 0 Å². The molecule has 0 aliphatic rings. The summed E-state index contributed by atoms with van der Waals surface area (Å²) in [6.07, 6.45) is -0.0332. The Hall–Kier alpha value is -2.33. The number of methoxy groups -OCH3 is 1. The molecule has 8 nitrogen and oxygen atoms in total. The van der Waals surface area contributed by atoms with Crippen molar-refractivity contribution in [3.05, 3.63) is 41.8 Å². The van der Waals surface area contributed by atoms with Gasteiger partial charge in [-0.15, -0.1) is 0 Å².